The Hall–Kier alpha value is -2.19. The molecule has 2 aromatic rings. The van der Waals surface area contributed by atoms with Crippen LogP contribution < -0.4 is 16.4 Å². The van der Waals surface area contributed by atoms with E-state index in [0.717, 1.165) is 25.7 Å². The van der Waals surface area contributed by atoms with Crippen molar-refractivity contribution in [3.63, 3.8) is 0 Å². The second-order valence-electron chi connectivity index (χ2n) is 8.12. The minimum Gasteiger partial charge on any atom is -0.387 e. The third-order valence-electron chi connectivity index (χ3n) is 5.74. The molecule has 14 nitrogen and oxygen atoms in total. The number of urea groups is 1. The molecule has 4 rings (SSSR count). The molecule has 0 spiro atoms. The van der Waals surface area contributed by atoms with Gasteiger partial charge in [0.2, 0.25) is 0 Å². The van der Waals surface area contributed by atoms with Crippen LogP contribution in [-0.4, -0.2) is 84.3 Å². The molecule has 3 heterocycles. The highest BCUT2D eigenvalue weighted by Gasteiger charge is 2.45. The molecule has 2 amide bonds. The first kappa shape index (κ1) is 24.0. The van der Waals surface area contributed by atoms with Crippen LogP contribution in [0.5, 0.6) is 0 Å². The summed E-state index contributed by atoms with van der Waals surface area (Å²) in [7, 11) is -3.93. The zero-order chi connectivity index (χ0) is 23.6. The molecule has 2 aromatic heterocycles. The molecule has 2 aliphatic rings. The van der Waals surface area contributed by atoms with Gasteiger partial charge in [0.1, 0.15) is 24.6 Å². The summed E-state index contributed by atoms with van der Waals surface area (Å²) in [6, 6.07) is -0.270. The van der Waals surface area contributed by atoms with Crippen molar-refractivity contribution in [1.29, 1.82) is 0 Å². The minimum atomic E-state index is -3.93. The van der Waals surface area contributed by atoms with Crippen molar-refractivity contribution in [3.8, 4) is 0 Å². The van der Waals surface area contributed by atoms with Gasteiger partial charge in [0, 0.05) is 12.6 Å². The van der Waals surface area contributed by atoms with Crippen molar-refractivity contribution in [2.24, 2.45) is 5.73 Å². The quantitative estimate of drug-likeness (QED) is 0.267. The maximum Gasteiger partial charge on any atom is 0.329 e. The van der Waals surface area contributed by atoms with Crippen molar-refractivity contribution in [2.45, 2.75) is 56.3 Å². The average molecular weight is 485 g/mol. The number of nitrogens with two attached hydrogens (primary N) is 1. The number of aliphatic hydroxyl groups is 2. The predicted octanol–water partition coefficient (Wildman–Crippen LogP) is -0.330. The number of ether oxygens (including phenoxy) is 1. The second kappa shape index (κ2) is 9.97. The fourth-order valence-corrected chi connectivity index (χ4v) is 4.88. The van der Waals surface area contributed by atoms with Crippen LogP contribution in [-0.2, 0) is 13.8 Å². The molecule has 2 unspecified atom stereocenters. The van der Waals surface area contributed by atoms with E-state index < -0.39 is 44.8 Å². The Labute approximate surface area is 189 Å². The Morgan fingerprint density at radius 1 is 1.27 bits per heavy atom. The molecule has 1 saturated carbocycles. The lowest BCUT2D eigenvalue weighted by atomic mass is 10.1. The van der Waals surface area contributed by atoms with E-state index >= 15 is 0 Å². The molecule has 0 aromatic carbocycles. The number of carbonyl (C=O) groups is 1. The monoisotopic (exact) mass is 485 g/mol. The highest BCUT2D eigenvalue weighted by atomic mass is 31.2. The molecule has 1 saturated heterocycles. The predicted molar refractivity (Wildman–Crippen MR) is 115 cm³/mol. The number of hydrogen-bond donors (Lipinski definition) is 6. The number of aromatic nitrogens is 4. The standard InChI is InChI=1S/C18H28N7O7P/c19-5-6-33(29,30)31-7-11-13(26)14(27)17(32-11)25-9-22-12-15(20-8-21-16(12)25)24-18(28)23-10-3-1-2-4-10/h8-11,13-14,17,26-27H,1-7,19H2,(H,29,30)(H2,20,21,23,24,28)/t11-,13?,14+,17-/m1/s1. The zero-order valence-electron chi connectivity index (χ0n) is 17.8. The fraction of sp³-hybridized carbons (Fsp3) is 0.667. The minimum absolute atomic E-state index is 0.0388. The number of aliphatic hydroxyl groups excluding tert-OH is 2. The van der Waals surface area contributed by atoms with Crippen LogP contribution in [0, 0.1) is 0 Å². The van der Waals surface area contributed by atoms with Gasteiger partial charge in [-0.05, 0) is 12.8 Å². The normalized spacial score (nSPS) is 27.6. The number of amides is 2. The van der Waals surface area contributed by atoms with Crippen molar-refractivity contribution in [1.82, 2.24) is 24.8 Å². The summed E-state index contributed by atoms with van der Waals surface area (Å²) < 4.78 is 23.9. The SMILES string of the molecule is NCCP(=O)(O)OC[C@H]1O[C@@H](n2cnc3c(NC(=O)NC4CCCC4)ncnc32)[C@@H](O)C1O. The summed E-state index contributed by atoms with van der Waals surface area (Å²) >= 11 is 0. The lowest BCUT2D eigenvalue weighted by Crippen LogP contribution is -2.36. The molecule has 1 aliphatic carbocycles. The van der Waals surface area contributed by atoms with Crippen molar-refractivity contribution >= 4 is 30.6 Å². The van der Waals surface area contributed by atoms with Gasteiger partial charge < -0.3 is 35.4 Å². The van der Waals surface area contributed by atoms with Crippen LogP contribution >= 0.6 is 7.60 Å². The molecule has 33 heavy (non-hydrogen) atoms. The second-order valence-corrected chi connectivity index (χ2v) is 10.1. The number of nitrogens with one attached hydrogen (secondary N) is 2. The number of carbonyl (C=O) groups excluding carboxylic acids is 1. The van der Waals surface area contributed by atoms with E-state index in [1.807, 2.05) is 0 Å². The largest absolute Gasteiger partial charge is 0.387 e. The highest BCUT2D eigenvalue weighted by Crippen LogP contribution is 2.42. The molecule has 182 valence electrons. The van der Waals surface area contributed by atoms with E-state index in [0.29, 0.717) is 0 Å². The number of fused-ring (bicyclic) bond motifs is 1. The van der Waals surface area contributed by atoms with E-state index in [-0.39, 0.29) is 35.7 Å². The number of anilines is 1. The van der Waals surface area contributed by atoms with Crippen LogP contribution in [0.4, 0.5) is 10.6 Å². The Bertz CT molecular complexity index is 1030. The van der Waals surface area contributed by atoms with Gasteiger partial charge in [0.25, 0.3) is 0 Å². The van der Waals surface area contributed by atoms with Gasteiger partial charge in [-0.2, -0.15) is 0 Å². The van der Waals surface area contributed by atoms with E-state index in [4.69, 9.17) is 15.0 Å². The Balaban J connectivity index is 1.47. The van der Waals surface area contributed by atoms with Crippen molar-refractivity contribution < 1.29 is 33.7 Å². The summed E-state index contributed by atoms with van der Waals surface area (Å²) in [4.78, 5) is 34.5. The third kappa shape index (κ3) is 5.32. The van der Waals surface area contributed by atoms with Crippen LogP contribution in [0.2, 0.25) is 0 Å². The lowest BCUT2D eigenvalue weighted by Gasteiger charge is -2.17. The van der Waals surface area contributed by atoms with Crippen LogP contribution in [0.15, 0.2) is 12.7 Å². The lowest BCUT2D eigenvalue weighted by molar-refractivity contribution is -0.0484. The molecule has 1 aliphatic heterocycles. The van der Waals surface area contributed by atoms with Gasteiger partial charge in [-0.15, -0.1) is 0 Å². The third-order valence-corrected chi connectivity index (χ3v) is 7.12. The van der Waals surface area contributed by atoms with E-state index in [2.05, 4.69) is 25.6 Å². The van der Waals surface area contributed by atoms with Gasteiger partial charge in [0.05, 0.1) is 19.1 Å². The molecule has 5 atom stereocenters. The first-order valence-electron chi connectivity index (χ1n) is 10.7. The van der Waals surface area contributed by atoms with E-state index in [1.54, 1.807) is 0 Å². The number of imidazole rings is 1. The zero-order valence-corrected chi connectivity index (χ0v) is 18.7. The van der Waals surface area contributed by atoms with Crippen LogP contribution in [0.3, 0.4) is 0 Å². The Morgan fingerprint density at radius 3 is 2.76 bits per heavy atom. The van der Waals surface area contributed by atoms with Crippen molar-refractivity contribution in [3.05, 3.63) is 12.7 Å². The molecule has 0 radical (unpaired) electrons. The summed E-state index contributed by atoms with van der Waals surface area (Å²) in [5.74, 6) is 0.185. The average Bonchev–Trinajstić information content (AvgIpc) is 3.48. The maximum atomic E-state index is 12.3. The van der Waals surface area contributed by atoms with Gasteiger partial charge in [0.15, 0.2) is 23.2 Å². The first-order valence-corrected chi connectivity index (χ1v) is 12.5. The Morgan fingerprint density at radius 2 is 2.03 bits per heavy atom. The molecular weight excluding hydrogens is 457 g/mol. The number of hydrogen-bond acceptors (Lipinski definition) is 10. The summed E-state index contributed by atoms with van der Waals surface area (Å²) in [5, 5.41) is 26.4. The van der Waals surface area contributed by atoms with Gasteiger partial charge in [-0.3, -0.25) is 14.4 Å². The topological polar surface area (TPSA) is 207 Å². The summed E-state index contributed by atoms with van der Waals surface area (Å²) in [5.41, 5.74) is 5.81. The van der Waals surface area contributed by atoms with E-state index in [9.17, 15) is 24.5 Å². The fourth-order valence-electron chi connectivity index (χ4n) is 4.04. The highest BCUT2D eigenvalue weighted by molar-refractivity contribution is 7.52. The van der Waals surface area contributed by atoms with Crippen LogP contribution in [0.25, 0.3) is 11.2 Å². The number of nitrogens with zero attached hydrogens (tertiary/aromatic N) is 4. The first-order chi connectivity index (χ1) is 15.8. The van der Waals surface area contributed by atoms with Crippen LogP contribution in [0.1, 0.15) is 31.9 Å². The molecule has 15 heteroatoms. The van der Waals surface area contributed by atoms with Gasteiger partial charge in [-0.1, -0.05) is 12.8 Å². The molecular formula is C18H28N7O7P. The smallest absolute Gasteiger partial charge is 0.329 e. The van der Waals surface area contributed by atoms with Gasteiger partial charge in [-0.25, -0.2) is 19.7 Å². The van der Waals surface area contributed by atoms with Crippen molar-refractivity contribution in [2.75, 3.05) is 24.6 Å². The van der Waals surface area contributed by atoms with Gasteiger partial charge >= 0.3 is 13.6 Å². The Kier molecular flexibility index (Phi) is 7.24. The van der Waals surface area contributed by atoms with E-state index in [1.165, 1.54) is 17.2 Å². The summed E-state index contributed by atoms with van der Waals surface area (Å²) in [6.45, 7) is -0.457. The molecule has 2 fully saturated rings. The maximum absolute atomic E-state index is 12.3. The molecule has 7 N–H and O–H groups in total. The molecule has 0 bridgehead atoms. The summed E-state index contributed by atoms with van der Waals surface area (Å²) in [6.07, 6.45) is 1.42. The number of rotatable bonds is 8.